The fourth-order valence-electron chi connectivity index (χ4n) is 3.29. The first kappa shape index (κ1) is 26.9. The average molecular weight is 550 g/mol. The Morgan fingerprint density at radius 3 is 2.68 bits per heavy atom. The van der Waals surface area contributed by atoms with Gasteiger partial charge in [0.05, 0.1) is 24.5 Å². The van der Waals surface area contributed by atoms with Gasteiger partial charge < -0.3 is 31.0 Å². The largest absolute Gasteiger partial charge is 0.478 e. The summed E-state index contributed by atoms with van der Waals surface area (Å²) in [4.78, 5) is 59.8. The second kappa shape index (κ2) is 10.3. The highest BCUT2D eigenvalue weighted by atomic mass is 32.1. The molecule has 2 fully saturated rings. The molecule has 38 heavy (non-hydrogen) atoms. The van der Waals surface area contributed by atoms with Gasteiger partial charge in [-0.15, -0.1) is 11.3 Å². The highest BCUT2D eigenvalue weighted by Crippen LogP contribution is 2.40. The van der Waals surface area contributed by atoms with Crippen LogP contribution in [0.25, 0.3) is 0 Å². The second-order valence-electron chi connectivity index (χ2n) is 9.66. The summed E-state index contributed by atoms with van der Waals surface area (Å²) >= 11 is 0.986. The molecule has 6 N–H and O–H groups in total. The van der Waals surface area contributed by atoms with E-state index in [0.29, 0.717) is 5.69 Å². The lowest BCUT2D eigenvalue weighted by Gasteiger charge is -2.36. The Morgan fingerprint density at radius 1 is 1.37 bits per heavy atom. The van der Waals surface area contributed by atoms with Crippen LogP contribution in [-0.2, 0) is 37.0 Å². The van der Waals surface area contributed by atoms with Crippen LogP contribution < -0.4 is 21.7 Å². The zero-order chi connectivity index (χ0) is 27.7. The van der Waals surface area contributed by atoms with Crippen LogP contribution in [0.15, 0.2) is 16.7 Å². The van der Waals surface area contributed by atoms with Crippen LogP contribution in [0.5, 0.6) is 0 Å². The van der Waals surface area contributed by atoms with E-state index >= 15 is 0 Å². The smallest absolute Gasteiger partial charge is 0.413 e. The number of thiazole rings is 1. The number of amides is 3. The first-order valence-electron chi connectivity index (χ1n) is 11.5. The SMILES string of the molecule is CC(C)(C)OC(=O)Nc1nc(/C(=N/OC2(C(=O)O)CC2)C(=O)NC2C(=O)N[C@H]2Cn2ncc(CN)n2)cs1. The molecule has 4 rings (SSSR count). The molecule has 1 saturated carbocycles. The van der Waals surface area contributed by atoms with E-state index in [0.717, 1.165) is 11.3 Å². The van der Waals surface area contributed by atoms with Gasteiger partial charge in [0.2, 0.25) is 11.5 Å². The van der Waals surface area contributed by atoms with Crippen LogP contribution >= 0.6 is 11.3 Å². The second-order valence-corrected chi connectivity index (χ2v) is 10.5. The molecule has 204 valence electrons. The molecule has 1 aliphatic heterocycles. The number of nitrogens with two attached hydrogens (primary N) is 1. The van der Waals surface area contributed by atoms with Gasteiger partial charge in [-0.05, 0) is 20.8 Å². The summed E-state index contributed by atoms with van der Waals surface area (Å²) in [5.74, 6) is -2.49. The van der Waals surface area contributed by atoms with E-state index in [1.165, 1.54) is 16.4 Å². The number of carboxylic acid groups (broad SMARTS) is 1. The lowest BCUT2D eigenvalue weighted by molar-refractivity contribution is -0.153. The Balaban J connectivity index is 1.50. The highest BCUT2D eigenvalue weighted by molar-refractivity contribution is 7.14. The number of carboxylic acids is 1. The molecule has 0 spiro atoms. The third kappa shape index (κ3) is 6.23. The Morgan fingerprint density at radius 2 is 2.11 bits per heavy atom. The van der Waals surface area contributed by atoms with Crippen molar-refractivity contribution in [3.8, 4) is 0 Å². The Hall–Kier alpha value is -4.12. The summed E-state index contributed by atoms with van der Waals surface area (Å²) in [7, 11) is 0. The molecular weight excluding hydrogens is 522 g/mol. The van der Waals surface area contributed by atoms with Crippen molar-refractivity contribution in [3.05, 3.63) is 23.0 Å². The maximum absolute atomic E-state index is 13.2. The molecule has 2 aliphatic rings. The summed E-state index contributed by atoms with van der Waals surface area (Å²) in [5, 5.41) is 30.7. The minimum atomic E-state index is -1.53. The van der Waals surface area contributed by atoms with Gasteiger partial charge in [-0.25, -0.2) is 14.6 Å². The average Bonchev–Trinajstić information content (AvgIpc) is 3.26. The van der Waals surface area contributed by atoms with Gasteiger partial charge in [0.1, 0.15) is 17.3 Å². The normalized spacial score (nSPS) is 20.1. The molecule has 16 nitrogen and oxygen atoms in total. The molecule has 2 aromatic heterocycles. The monoisotopic (exact) mass is 549 g/mol. The minimum Gasteiger partial charge on any atom is -0.478 e. The van der Waals surface area contributed by atoms with Crippen molar-refractivity contribution in [1.29, 1.82) is 0 Å². The molecule has 17 heteroatoms. The van der Waals surface area contributed by atoms with Crippen molar-refractivity contribution < 1.29 is 33.9 Å². The molecule has 0 radical (unpaired) electrons. The van der Waals surface area contributed by atoms with Gasteiger partial charge in [0.15, 0.2) is 10.8 Å². The number of hydrogen-bond acceptors (Lipinski definition) is 12. The molecule has 0 aromatic carbocycles. The van der Waals surface area contributed by atoms with Gasteiger partial charge in [0.25, 0.3) is 5.91 Å². The van der Waals surface area contributed by atoms with Crippen molar-refractivity contribution in [2.45, 2.75) is 70.0 Å². The van der Waals surface area contributed by atoms with Crippen molar-refractivity contribution in [2.24, 2.45) is 10.9 Å². The van der Waals surface area contributed by atoms with Crippen LogP contribution in [0.2, 0.25) is 0 Å². The van der Waals surface area contributed by atoms with E-state index in [9.17, 15) is 24.3 Å². The predicted molar refractivity (Wildman–Crippen MR) is 131 cm³/mol. The zero-order valence-electron chi connectivity index (χ0n) is 20.8. The number of nitrogens with one attached hydrogen (secondary N) is 3. The van der Waals surface area contributed by atoms with Crippen molar-refractivity contribution in [3.63, 3.8) is 0 Å². The van der Waals surface area contributed by atoms with Crippen LogP contribution in [0.3, 0.4) is 0 Å². The van der Waals surface area contributed by atoms with Crippen LogP contribution in [-0.4, -0.2) is 78.0 Å². The van der Waals surface area contributed by atoms with Crippen molar-refractivity contribution >= 4 is 46.1 Å². The summed E-state index contributed by atoms with van der Waals surface area (Å²) in [6.45, 7) is 5.47. The third-order valence-corrected chi connectivity index (χ3v) is 6.19. The number of nitrogens with zero attached hydrogens (tertiary/aromatic N) is 5. The van der Waals surface area contributed by atoms with E-state index in [-0.39, 0.29) is 42.5 Å². The van der Waals surface area contributed by atoms with E-state index in [4.69, 9.17) is 15.3 Å². The molecule has 3 amide bonds. The van der Waals surface area contributed by atoms with E-state index in [1.54, 1.807) is 20.8 Å². The number of aliphatic carboxylic acids is 1. The lowest BCUT2D eigenvalue weighted by atomic mass is 9.98. The Labute approximate surface area is 219 Å². The number of aromatic nitrogens is 4. The van der Waals surface area contributed by atoms with Gasteiger partial charge in [-0.3, -0.25) is 14.9 Å². The molecule has 1 unspecified atom stereocenters. The number of β-lactam (4-membered cyclic amide) rings is 1. The zero-order valence-corrected chi connectivity index (χ0v) is 21.6. The first-order chi connectivity index (χ1) is 17.9. The first-order valence-corrected chi connectivity index (χ1v) is 12.4. The van der Waals surface area contributed by atoms with Gasteiger partial charge in [-0.1, -0.05) is 5.16 Å². The molecule has 2 aromatic rings. The Bertz CT molecular complexity index is 1280. The number of hydrogen-bond donors (Lipinski definition) is 5. The van der Waals surface area contributed by atoms with E-state index in [2.05, 4.69) is 36.3 Å². The van der Waals surface area contributed by atoms with E-state index in [1.807, 2.05) is 0 Å². The maximum atomic E-state index is 13.2. The number of rotatable bonds is 10. The topological polar surface area (TPSA) is 225 Å². The number of oxime groups is 1. The quantitative estimate of drug-likeness (QED) is 0.145. The van der Waals surface area contributed by atoms with Crippen LogP contribution in [0.4, 0.5) is 9.93 Å². The van der Waals surface area contributed by atoms with Crippen LogP contribution in [0, 0.1) is 0 Å². The van der Waals surface area contributed by atoms with Gasteiger partial charge >= 0.3 is 12.1 Å². The maximum Gasteiger partial charge on any atom is 0.413 e. The van der Waals surface area contributed by atoms with Crippen LogP contribution in [0.1, 0.15) is 45.0 Å². The summed E-state index contributed by atoms with van der Waals surface area (Å²) in [5.41, 5.74) is 3.47. The predicted octanol–water partition coefficient (Wildman–Crippen LogP) is -0.438. The highest BCUT2D eigenvalue weighted by Gasteiger charge is 2.55. The fraction of sp³-hybridized carbons (Fsp3) is 0.524. The Kier molecular flexibility index (Phi) is 7.32. The number of ether oxygens (including phenoxy) is 1. The number of anilines is 1. The minimum absolute atomic E-state index is 0.00244. The molecule has 1 saturated heterocycles. The summed E-state index contributed by atoms with van der Waals surface area (Å²) in [6.07, 6.45) is 1.19. The molecule has 2 atom stereocenters. The number of carbonyl (C=O) groups is 4. The van der Waals surface area contributed by atoms with E-state index < -0.39 is 47.2 Å². The fourth-order valence-corrected chi connectivity index (χ4v) is 3.97. The lowest BCUT2D eigenvalue weighted by Crippen LogP contribution is -2.70. The number of carbonyl (C=O) groups excluding carboxylic acids is 3. The summed E-state index contributed by atoms with van der Waals surface area (Å²) in [6, 6.07) is -1.48. The molecule has 1 aliphatic carbocycles. The van der Waals surface area contributed by atoms with Crippen molar-refractivity contribution in [2.75, 3.05) is 5.32 Å². The van der Waals surface area contributed by atoms with Crippen molar-refractivity contribution in [1.82, 2.24) is 30.6 Å². The summed E-state index contributed by atoms with van der Waals surface area (Å²) < 4.78 is 5.20. The molecule has 3 heterocycles. The van der Waals surface area contributed by atoms with Gasteiger partial charge in [-0.2, -0.15) is 15.0 Å². The molecular formula is C21H27N9O7S. The standard InChI is InChI=1S/C21H27N9O7S/c1-20(2,3)36-19(35)27-18-25-12(9-38-18)14(29-37-21(4-5-21)17(33)34)16(32)26-13-11(24-15(13)31)8-30-23-7-10(6-22)28-30/h7,9,11,13H,4-6,8,22H2,1-3H3,(H,24,31)(H,26,32)(H,33,34)(H,25,27,35)/b29-14-/t11-,13?/m0/s1. The molecule has 0 bridgehead atoms. The van der Waals surface area contributed by atoms with Gasteiger partial charge in [0, 0.05) is 24.8 Å². The third-order valence-electron chi connectivity index (χ3n) is 5.43.